The van der Waals surface area contributed by atoms with Crippen LogP contribution in [0.3, 0.4) is 0 Å². The highest BCUT2D eigenvalue weighted by Gasteiger charge is 2.29. The number of benzene rings is 2. The fraction of sp³-hybridized carbons (Fsp3) is 0.381. The van der Waals surface area contributed by atoms with Crippen molar-refractivity contribution in [2.24, 2.45) is 0 Å². The molecule has 0 aliphatic carbocycles. The first-order valence-corrected chi connectivity index (χ1v) is 10.2. The molecule has 8 nitrogen and oxygen atoms in total. The summed E-state index contributed by atoms with van der Waals surface area (Å²) in [7, 11) is 0. The van der Waals surface area contributed by atoms with E-state index in [4.69, 9.17) is 21.1 Å². The molecule has 31 heavy (non-hydrogen) atoms. The number of carbonyl (C=O) groups is 1. The van der Waals surface area contributed by atoms with E-state index in [1.165, 1.54) is 36.4 Å². The summed E-state index contributed by atoms with van der Waals surface area (Å²) in [6.45, 7) is 3.44. The van der Waals surface area contributed by atoms with Crippen molar-refractivity contribution in [3.63, 3.8) is 0 Å². The minimum absolute atomic E-state index is 0.0250. The second-order valence-electron chi connectivity index (χ2n) is 7.17. The van der Waals surface area contributed by atoms with Crippen molar-refractivity contribution in [1.82, 2.24) is 10.2 Å². The Labute approximate surface area is 184 Å². The van der Waals surface area contributed by atoms with Crippen LogP contribution in [0, 0.1) is 15.9 Å². The average molecular weight is 452 g/mol. The Morgan fingerprint density at radius 1 is 1.39 bits per heavy atom. The number of amides is 1. The van der Waals surface area contributed by atoms with E-state index in [1.807, 2.05) is 11.8 Å². The molecule has 0 saturated carbocycles. The number of hydrogen-bond acceptors (Lipinski definition) is 6. The first-order chi connectivity index (χ1) is 14.8. The summed E-state index contributed by atoms with van der Waals surface area (Å²) in [6, 6.07) is 9.46. The Bertz CT molecular complexity index is 907. The molecule has 2 unspecified atom stereocenters. The molecule has 2 aromatic carbocycles. The molecule has 1 heterocycles. The van der Waals surface area contributed by atoms with Crippen LogP contribution in [-0.2, 0) is 9.53 Å². The van der Waals surface area contributed by atoms with Gasteiger partial charge < -0.3 is 14.8 Å². The highest BCUT2D eigenvalue weighted by molar-refractivity contribution is 6.31. The van der Waals surface area contributed by atoms with Crippen molar-refractivity contribution >= 4 is 23.2 Å². The van der Waals surface area contributed by atoms with E-state index in [9.17, 15) is 19.3 Å². The predicted octanol–water partition coefficient (Wildman–Crippen LogP) is 3.34. The highest BCUT2D eigenvalue weighted by atomic mass is 35.5. The van der Waals surface area contributed by atoms with Gasteiger partial charge in [0.25, 0.3) is 11.6 Å². The fourth-order valence-electron chi connectivity index (χ4n) is 3.45. The number of nitro groups is 1. The van der Waals surface area contributed by atoms with E-state index in [-0.39, 0.29) is 24.9 Å². The number of hydrogen-bond donors (Lipinski definition) is 1. The van der Waals surface area contributed by atoms with E-state index >= 15 is 0 Å². The monoisotopic (exact) mass is 451 g/mol. The van der Waals surface area contributed by atoms with E-state index < -0.39 is 22.7 Å². The number of carbonyl (C=O) groups excluding carboxylic acids is 1. The SMILES string of the molecule is CC1CN(C(CNC(=O)COc2ccc([N+](=O)[O-])cc2)c2c(F)cccc2Cl)CCO1. The van der Waals surface area contributed by atoms with Crippen molar-refractivity contribution in [1.29, 1.82) is 0 Å². The molecule has 1 fully saturated rings. The summed E-state index contributed by atoms with van der Waals surface area (Å²) in [4.78, 5) is 24.5. The van der Waals surface area contributed by atoms with Gasteiger partial charge in [0.15, 0.2) is 6.61 Å². The van der Waals surface area contributed by atoms with Crippen LogP contribution < -0.4 is 10.1 Å². The molecule has 2 aromatic rings. The largest absolute Gasteiger partial charge is 0.484 e. The van der Waals surface area contributed by atoms with Gasteiger partial charge in [0.05, 0.1) is 23.7 Å². The van der Waals surface area contributed by atoms with Crippen LogP contribution in [0.15, 0.2) is 42.5 Å². The molecule has 3 rings (SSSR count). The van der Waals surface area contributed by atoms with Gasteiger partial charge >= 0.3 is 0 Å². The quantitative estimate of drug-likeness (QED) is 0.488. The van der Waals surface area contributed by atoms with E-state index in [0.717, 1.165) is 0 Å². The number of nitrogens with one attached hydrogen (secondary N) is 1. The lowest BCUT2D eigenvalue weighted by Gasteiger charge is -2.38. The lowest BCUT2D eigenvalue weighted by Crippen LogP contribution is -2.47. The maximum absolute atomic E-state index is 14.6. The lowest BCUT2D eigenvalue weighted by atomic mass is 10.0. The van der Waals surface area contributed by atoms with Crippen molar-refractivity contribution in [2.75, 3.05) is 32.8 Å². The number of nitrogens with zero attached hydrogens (tertiary/aromatic N) is 2. The normalized spacial score (nSPS) is 17.7. The first-order valence-electron chi connectivity index (χ1n) is 9.78. The molecular formula is C21H23ClFN3O5. The van der Waals surface area contributed by atoms with Gasteiger partial charge in [-0.05, 0) is 31.2 Å². The molecule has 1 saturated heterocycles. The number of nitro benzene ring substituents is 1. The number of ether oxygens (including phenoxy) is 2. The van der Waals surface area contributed by atoms with E-state index in [0.29, 0.717) is 36.0 Å². The molecule has 2 atom stereocenters. The van der Waals surface area contributed by atoms with E-state index in [2.05, 4.69) is 5.32 Å². The van der Waals surface area contributed by atoms with Gasteiger partial charge in [0, 0.05) is 42.4 Å². The summed E-state index contributed by atoms with van der Waals surface area (Å²) >= 11 is 6.29. The average Bonchev–Trinajstić information content (AvgIpc) is 2.74. The predicted molar refractivity (Wildman–Crippen MR) is 113 cm³/mol. The highest BCUT2D eigenvalue weighted by Crippen LogP contribution is 2.31. The third-order valence-electron chi connectivity index (χ3n) is 4.96. The van der Waals surface area contributed by atoms with Crippen molar-refractivity contribution in [3.05, 3.63) is 69.0 Å². The van der Waals surface area contributed by atoms with Gasteiger partial charge in [0.1, 0.15) is 11.6 Å². The molecule has 0 radical (unpaired) electrons. The van der Waals surface area contributed by atoms with Crippen molar-refractivity contribution < 1.29 is 23.6 Å². The Hall–Kier alpha value is -2.75. The van der Waals surface area contributed by atoms with E-state index in [1.54, 1.807) is 6.07 Å². The second-order valence-corrected chi connectivity index (χ2v) is 7.58. The van der Waals surface area contributed by atoms with Crippen LogP contribution in [-0.4, -0.2) is 54.7 Å². The summed E-state index contributed by atoms with van der Waals surface area (Å²) in [5.41, 5.74) is 0.260. The molecule has 0 spiro atoms. The Balaban J connectivity index is 1.64. The molecule has 0 bridgehead atoms. The number of halogens is 2. The minimum Gasteiger partial charge on any atom is -0.484 e. The van der Waals surface area contributed by atoms with Crippen molar-refractivity contribution in [2.45, 2.75) is 19.1 Å². The molecule has 0 aromatic heterocycles. The maximum Gasteiger partial charge on any atom is 0.269 e. The van der Waals surface area contributed by atoms with Gasteiger partial charge in [-0.2, -0.15) is 0 Å². The van der Waals surface area contributed by atoms with Crippen LogP contribution in [0.5, 0.6) is 5.75 Å². The summed E-state index contributed by atoms with van der Waals surface area (Å²) in [6.07, 6.45) is -0.0250. The fourth-order valence-corrected chi connectivity index (χ4v) is 3.73. The summed E-state index contributed by atoms with van der Waals surface area (Å²) in [5.74, 6) is -0.512. The first kappa shape index (κ1) is 22.9. The minimum atomic E-state index is -0.517. The zero-order valence-electron chi connectivity index (χ0n) is 16.9. The third kappa shape index (κ3) is 6.13. The van der Waals surface area contributed by atoms with Gasteiger partial charge in [-0.25, -0.2) is 4.39 Å². The zero-order valence-corrected chi connectivity index (χ0v) is 17.7. The molecule has 1 N–H and O–H groups in total. The molecule has 1 aliphatic rings. The number of morpholine rings is 1. The lowest BCUT2D eigenvalue weighted by molar-refractivity contribution is -0.384. The molecule has 10 heteroatoms. The van der Waals surface area contributed by atoms with Gasteiger partial charge in [-0.1, -0.05) is 17.7 Å². The smallest absolute Gasteiger partial charge is 0.269 e. The van der Waals surface area contributed by atoms with Crippen LogP contribution in [0.2, 0.25) is 5.02 Å². The number of rotatable bonds is 8. The standard InChI is InChI=1S/C21H23ClFN3O5/c1-14-12-25(9-10-30-14)19(21-17(22)3-2-4-18(21)23)11-24-20(27)13-31-16-7-5-15(6-8-16)26(28)29/h2-8,14,19H,9-13H2,1H3,(H,24,27). The zero-order chi connectivity index (χ0) is 22.4. The topological polar surface area (TPSA) is 93.9 Å². The molecular weight excluding hydrogens is 429 g/mol. The second kappa shape index (κ2) is 10.5. The Kier molecular flexibility index (Phi) is 7.78. The molecule has 166 valence electrons. The maximum atomic E-state index is 14.6. The van der Waals surface area contributed by atoms with Gasteiger partial charge in [-0.15, -0.1) is 0 Å². The summed E-state index contributed by atoms with van der Waals surface area (Å²) < 4.78 is 25.6. The van der Waals surface area contributed by atoms with Gasteiger partial charge in [-0.3, -0.25) is 19.8 Å². The Morgan fingerprint density at radius 2 is 2.13 bits per heavy atom. The van der Waals surface area contributed by atoms with Gasteiger partial charge in [0.2, 0.25) is 0 Å². The van der Waals surface area contributed by atoms with Crippen LogP contribution in [0.1, 0.15) is 18.5 Å². The van der Waals surface area contributed by atoms with Crippen LogP contribution in [0.25, 0.3) is 0 Å². The van der Waals surface area contributed by atoms with Crippen molar-refractivity contribution in [3.8, 4) is 5.75 Å². The summed E-state index contributed by atoms with van der Waals surface area (Å²) in [5, 5.41) is 13.8. The number of non-ortho nitro benzene ring substituents is 1. The molecule has 1 amide bonds. The molecule has 1 aliphatic heterocycles. The van der Waals surface area contributed by atoms with Crippen LogP contribution >= 0.6 is 11.6 Å². The van der Waals surface area contributed by atoms with Crippen LogP contribution in [0.4, 0.5) is 10.1 Å². The Morgan fingerprint density at radius 3 is 2.77 bits per heavy atom. The third-order valence-corrected chi connectivity index (χ3v) is 5.29.